The molecule has 2 aromatic heterocycles. The summed E-state index contributed by atoms with van der Waals surface area (Å²) in [6.45, 7) is 0. The normalized spacial score (nSPS) is 10.8. The Bertz CT molecular complexity index is 883. The van der Waals surface area contributed by atoms with Gasteiger partial charge < -0.3 is 15.2 Å². The van der Waals surface area contributed by atoms with Crippen LogP contribution in [0.4, 0.5) is 5.13 Å². The van der Waals surface area contributed by atoms with Crippen LogP contribution >= 0.6 is 11.3 Å². The van der Waals surface area contributed by atoms with Crippen molar-refractivity contribution in [1.82, 2.24) is 20.1 Å². The fraction of sp³-hybridized carbons (Fsp3) is 0.250. The Kier molecular flexibility index (Phi) is 4.57. The molecule has 2 N–H and O–H groups in total. The first-order valence-electron chi connectivity index (χ1n) is 7.40. The summed E-state index contributed by atoms with van der Waals surface area (Å²) >= 11 is 1.21. The molecule has 0 saturated carbocycles. The van der Waals surface area contributed by atoms with Crippen molar-refractivity contribution in [3.63, 3.8) is 0 Å². The van der Waals surface area contributed by atoms with Gasteiger partial charge >= 0.3 is 0 Å². The van der Waals surface area contributed by atoms with Crippen LogP contribution in [0.5, 0.6) is 0 Å². The molecule has 1 aromatic carbocycles. The molecule has 2 heterocycles. The minimum atomic E-state index is -0.165. The van der Waals surface area contributed by atoms with Gasteiger partial charge in [-0.15, -0.1) is 10.2 Å². The van der Waals surface area contributed by atoms with Crippen molar-refractivity contribution in [3.8, 4) is 0 Å². The lowest BCUT2D eigenvalue weighted by Crippen LogP contribution is -2.23. The van der Waals surface area contributed by atoms with Gasteiger partial charge in [0.2, 0.25) is 16.9 Å². The van der Waals surface area contributed by atoms with Crippen LogP contribution in [0.15, 0.2) is 30.5 Å². The number of nitrogens with zero attached hydrogens (tertiary/aromatic N) is 3. The second-order valence-electron chi connectivity index (χ2n) is 5.55. The molecule has 124 valence electrons. The van der Waals surface area contributed by atoms with Crippen molar-refractivity contribution < 1.29 is 9.59 Å². The van der Waals surface area contributed by atoms with Crippen LogP contribution in [0, 0.1) is 0 Å². The smallest absolute Gasteiger partial charge is 0.230 e. The molecule has 7 nitrogen and oxygen atoms in total. The molecule has 3 rings (SSSR count). The standard InChI is InChI=1S/C16H17N5O2S/c1-21(2)15(23)8-14-19-20-16(24-14)18-13(22)7-10-9-17-12-6-4-3-5-11(10)12/h3-6,9,17H,7-8H2,1-2H3,(H,18,20,22). The van der Waals surface area contributed by atoms with E-state index in [1.807, 2.05) is 30.5 Å². The third kappa shape index (κ3) is 3.60. The first-order chi connectivity index (χ1) is 11.5. The number of nitrogens with one attached hydrogen (secondary N) is 2. The molecule has 0 aliphatic carbocycles. The Morgan fingerprint density at radius 1 is 1.21 bits per heavy atom. The molecule has 2 amide bonds. The third-order valence-electron chi connectivity index (χ3n) is 3.54. The van der Waals surface area contributed by atoms with Crippen molar-refractivity contribution in [2.24, 2.45) is 0 Å². The van der Waals surface area contributed by atoms with Crippen LogP contribution in [0.1, 0.15) is 10.6 Å². The van der Waals surface area contributed by atoms with Crippen LogP contribution < -0.4 is 5.32 Å². The van der Waals surface area contributed by atoms with Crippen molar-refractivity contribution in [1.29, 1.82) is 0 Å². The Balaban J connectivity index is 1.63. The molecular weight excluding hydrogens is 326 g/mol. The minimum absolute atomic E-state index is 0.0529. The number of aromatic amines is 1. The minimum Gasteiger partial charge on any atom is -0.361 e. The van der Waals surface area contributed by atoms with E-state index in [0.29, 0.717) is 10.1 Å². The molecule has 0 spiro atoms. The second-order valence-corrected chi connectivity index (χ2v) is 6.61. The number of hydrogen-bond donors (Lipinski definition) is 2. The zero-order chi connectivity index (χ0) is 17.1. The molecule has 0 bridgehead atoms. The number of rotatable bonds is 5. The van der Waals surface area contributed by atoms with E-state index in [9.17, 15) is 9.59 Å². The topological polar surface area (TPSA) is 91.0 Å². The van der Waals surface area contributed by atoms with Crippen LogP contribution in [0.2, 0.25) is 0 Å². The number of likely N-dealkylation sites (N-methyl/N-ethyl adjacent to an activating group) is 1. The van der Waals surface area contributed by atoms with Crippen LogP contribution in [-0.4, -0.2) is 46.0 Å². The Labute approximate surface area is 142 Å². The van der Waals surface area contributed by atoms with E-state index < -0.39 is 0 Å². The highest BCUT2D eigenvalue weighted by Gasteiger charge is 2.14. The van der Waals surface area contributed by atoms with Gasteiger partial charge in [-0.1, -0.05) is 29.5 Å². The number of carbonyl (C=O) groups is 2. The predicted octanol–water partition coefficient (Wildman–Crippen LogP) is 1.83. The summed E-state index contributed by atoms with van der Waals surface area (Å²) in [7, 11) is 3.38. The Hall–Kier alpha value is -2.74. The van der Waals surface area contributed by atoms with Gasteiger partial charge in [0.1, 0.15) is 5.01 Å². The SMILES string of the molecule is CN(C)C(=O)Cc1nnc(NC(=O)Cc2c[nH]c3ccccc23)s1. The lowest BCUT2D eigenvalue weighted by molar-refractivity contribution is -0.128. The van der Waals surface area contributed by atoms with Crippen LogP contribution in [-0.2, 0) is 22.4 Å². The highest BCUT2D eigenvalue weighted by molar-refractivity contribution is 7.15. The molecule has 0 aliphatic rings. The van der Waals surface area contributed by atoms with E-state index in [-0.39, 0.29) is 24.7 Å². The summed E-state index contributed by atoms with van der Waals surface area (Å²) in [5, 5.41) is 12.6. The summed E-state index contributed by atoms with van der Waals surface area (Å²) in [6, 6.07) is 7.83. The highest BCUT2D eigenvalue weighted by Crippen LogP contribution is 2.20. The lowest BCUT2D eigenvalue weighted by atomic mass is 10.1. The van der Waals surface area contributed by atoms with Gasteiger partial charge in [0.15, 0.2) is 0 Å². The summed E-state index contributed by atoms with van der Waals surface area (Å²) in [4.78, 5) is 28.5. The average molecular weight is 343 g/mol. The monoisotopic (exact) mass is 343 g/mol. The molecular formula is C16H17N5O2S. The average Bonchev–Trinajstić information content (AvgIpc) is 3.15. The maximum Gasteiger partial charge on any atom is 0.230 e. The van der Waals surface area contributed by atoms with E-state index in [0.717, 1.165) is 16.5 Å². The molecule has 0 atom stereocenters. The molecule has 0 radical (unpaired) electrons. The highest BCUT2D eigenvalue weighted by atomic mass is 32.1. The second kappa shape index (κ2) is 6.79. The fourth-order valence-corrected chi connectivity index (χ4v) is 3.02. The number of H-pyrrole nitrogens is 1. The number of carbonyl (C=O) groups excluding carboxylic acids is 2. The van der Waals surface area contributed by atoms with Gasteiger partial charge in [-0.25, -0.2) is 0 Å². The summed E-state index contributed by atoms with van der Waals surface area (Å²) < 4.78 is 0. The van der Waals surface area contributed by atoms with Crippen molar-refractivity contribution in [2.45, 2.75) is 12.8 Å². The van der Waals surface area contributed by atoms with Gasteiger partial charge in [-0.05, 0) is 11.6 Å². The lowest BCUT2D eigenvalue weighted by Gasteiger charge is -2.07. The fourth-order valence-electron chi connectivity index (χ4n) is 2.28. The van der Waals surface area contributed by atoms with Gasteiger partial charge in [-0.2, -0.15) is 0 Å². The number of para-hydroxylation sites is 1. The molecule has 0 unspecified atom stereocenters. The van der Waals surface area contributed by atoms with E-state index in [1.54, 1.807) is 14.1 Å². The van der Waals surface area contributed by atoms with Gasteiger partial charge in [-0.3, -0.25) is 9.59 Å². The molecule has 0 fully saturated rings. The van der Waals surface area contributed by atoms with E-state index in [2.05, 4.69) is 20.5 Å². The third-order valence-corrected chi connectivity index (χ3v) is 4.38. The molecule has 0 saturated heterocycles. The maximum atomic E-state index is 12.2. The Morgan fingerprint density at radius 2 is 2.00 bits per heavy atom. The number of aromatic nitrogens is 3. The van der Waals surface area contributed by atoms with E-state index in [1.165, 1.54) is 16.2 Å². The molecule has 3 aromatic rings. The largest absolute Gasteiger partial charge is 0.361 e. The van der Waals surface area contributed by atoms with E-state index in [4.69, 9.17) is 0 Å². The van der Waals surface area contributed by atoms with Crippen LogP contribution in [0.3, 0.4) is 0 Å². The quantitative estimate of drug-likeness (QED) is 0.739. The number of benzene rings is 1. The summed E-state index contributed by atoms with van der Waals surface area (Å²) in [5.41, 5.74) is 1.93. The van der Waals surface area contributed by atoms with Crippen molar-refractivity contribution in [3.05, 3.63) is 41.0 Å². The van der Waals surface area contributed by atoms with Crippen LogP contribution in [0.25, 0.3) is 10.9 Å². The zero-order valence-corrected chi connectivity index (χ0v) is 14.2. The number of fused-ring (bicyclic) bond motifs is 1. The number of amides is 2. The first kappa shape index (κ1) is 16.1. The molecule has 8 heteroatoms. The Morgan fingerprint density at radius 3 is 2.79 bits per heavy atom. The number of anilines is 1. The van der Waals surface area contributed by atoms with Gasteiger partial charge in [0, 0.05) is 31.2 Å². The molecule has 0 aliphatic heterocycles. The maximum absolute atomic E-state index is 12.2. The summed E-state index contributed by atoms with van der Waals surface area (Å²) in [6.07, 6.45) is 2.27. The van der Waals surface area contributed by atoms with Crippen molar-refractivity contribution in [2.75, 3.05) is 19.4 Å². The predicted molar refractivity (Wildman–Crippen MR) is 92.9 cm³/mol. The van der Waals surface area contributed by atoms with Gasteiger partial charge in [0.05, 0.1) is 12.8 Å². The van der Waals surface area contributed by atoms with E-state index >= 15 is 0 Å². The summed E-state index contributed by atoms with van der Waals surface area (Å²) in [5.74, 6) is -0.218. The molecule has 24 heavy (non-hydrogen) atoms. The first-order valence-corrected chi connectivity index (χ1v) is 8.22. The number of hydrogen-bond acceptors (Lipinski definition) is 5. The van der Waals surface area contributed by atoms with Gasteiger partial charge in [0.25, 0.3) is 0 Å². The zero-order valence-electron chi connectivity index (χ0n) is 13.4. The van der Waals surface area contributed by atoms with Crippen molar-refractivity contribution >= 4 is 39.2 Å².